The molecule has 106 valence electrons. The zero-order valence-corrected chi connectivity index (χ0v) is 12.1. The molecule has 1 fully saturated rings. The van der Waals surface area contributed by atoms with Crippen molar-refractivity contribution in [3.05, 3.63) is 29.0 Å². The molecular formula is C12H16ClFN2O2S. The second-order valence-electron chi connectivity index (χ2n) is 4.84. The van der Waals surface area contributed by atoms with Crippen LogP contribution in [0.1, 0.15) is 13.3 Å². The Morgan fingerprint density at radius 2 is 2.21 bits per heavy atom. The zero-order chi connectivity index (χ0) is 14.2. The third-order valence-corrected chi connectivity index (χ3v) is 5.67. The van der Waals surface area contributed by atoms with Gasteiger partial charge in [-0.3, -0.25) is 0 Å². The molecule has 0 aliphatic carbocycles. The summed E-state index contributed by atoms with van der Waals surface area (Å²) in [6, 6.07) is 3.41. The second kappa shape index (κ2) is 5.36. The van der Waals surface area contributed by atoms with Crippen LogP contribution in [0.4, 0.5) is 4.39 Å². The molecule has 1 aliphatic rings. The van der Waals surface area contributed by atoms with Crippen molar-refractivity contribution in [2.75, 3.05) is 13.1 Å². The number of hydrogen-bond acceptors (Lipinski definition) is 3. The van der Waals surface area contributed by atoms with E-state index >= 15 is 0 Å². The number of halogens is 2. The summed E-state index contributed by atoms with van der Waals surface area (Å²) in [7, 11) is -3.83. The second-order valence-corrected chi connectivity index (χ2v) is 7.13. The molecule has 1 aromatic rings. The van der Waals surface area contributed by atoms with Crippen LogP contribution < -0.4 is 5.73 Å². The van der Waals surface area contributed by atoms with Crippen LogP contribution in [0.25, 0.3) is 0 Å². The van der Waals surface area contributed by atoms with E-state index in [1.165, 1.54) is 16.4 Å². The lowest BCUT2D eigenvalue weighted by Crippen LogP contribution is -2.35. The molecule has 2 N–H and O–H groups in total. The summed E-state index contributed by atoms with van der Waals surface area (Å²) in [4.78, 5) is -0.332. The lowest BCUT2D eigenvalue weighted by Gasteiger charge is -2.21. The van der Waals surface area contributed by atoms with Crippen molar-refractivity contribution < 1.29 is 12.8 Å². The van der Waals surface area contributed by atoms with E-state index in [1.807, 2.05) is 0 Å². The van der Waals surface area contributed by atoms with Crippen LogP contribution in [0.2, 0.25) is 5.02 Å². The van der Waals surface area contributed by atoms with Crippen molar-refractivity contribution in [1.29, 1.82) is 0 Å². The average Bonchev–Trinajstić information content (AvgIpc) is 2.70. The van der Waals surface area contributed by atoms with Crippen LogP contribution in [0.15, 0.2) is 23.1 Å². The third kappa shape index (κ3) is 2.76. The van der Waals surface area contributed by atoms with E-state index in [4.69, 9.17) is 17.3 Å². The van der Waals surface area contributed by atoms with Crippen molar-refractivity contribution >= 4 is 21.6 Å². The summed E-state index contributed by atoms with van der Waals surface area (Å²) in [5.74, 6) is -0.698. The number of benzene rings is 1. The summed E-state index contributed by atoms with van der Waals surface area (Å²) in [5.41, 5.74) is 5.58. The Labute approximate surface area is 117 Å². The van der Waals surface area contributed by atoms with Crippen molar-refractivity contribution in [2.45, 2.75) is 24.3 Å². The Bertz CT molecular complexity index is 579. The van der Waals surface area contributed by atoms with Crippen molar-refractivity contribution in [2.24, 2.45) is 11.7 Å². The molecule has 0 amide bonds. The van der Waals surface area contributed by atoms with Gasteiger partial charge >= 0.3 is 0 Å². The first-order chi connectivity index (χ1) is 8.86. The van der Waals surface area contributed by atoms with Gasteiger partial charge < -0.3 is 5.73 Å². The molecule has 7 heteroatoms. The van der Waals surface area contributed by atoms with Gasteiger partial charge in [-0.15, -0.1) is 0 Å². The molecule has 1 saturated heterocycles. The maximum absolute atomic E-state index is 13.8. The highest BCUT2D eigenvalue weighted by Gasteiger charge is 2.38. The van der Waals surface area contributed by atoms with Crippen molar-refractivity contribution in [3.8, 4) is 0 Å². The average molecular weight is 307 g/mol. The summed E-state index contributed by atoms with van der Waals surface area (Å²) in [6.07, 6.45) is 0.699. The minimum absolute atomic E-state index is 0.125. The van der Waals surface area contributed by atoms with E-state index in [-0.39, 0.29) is 21.9 Å². The molecule has 2 unspecified atom stereocenters. The van der Waals surface area contributed by atoms with E-state index in [1.54, 1.807) is 6.92 Å². The van der Waals surface area contributed by atoms with Gasteiger partial charge in [0.15, 0.2) is 0 Å². The van der Waals surface area contributed by atoms with E-state index in [0.29, 0.717) is 19.5 Å². The molecule has 0 aromatic heterocycles. The van der Waals surface area contributed by atoms with E-state index in [2.05, 4.69) is 0 Å². The van der Waals surface area contributed by atoms with Gasteiger partial charge in [-0.05, 0) is 44.0 Å². The molecule has 0 bridgehead atoms. The number of nitrogens with two attached hydrogens (primary N) is 1. The van der Waals surface area contributed by atoms with Gasteiger partial charge in [0, 0.05) is 17.6 Å². The highest BCUT2D eigenvalue weighted by atomic mass is 35.5. The molecule has 4 nitrogen and oxygen atoms in total. The molecule has 2 atom stereocenters. The lowest BCUT2D eigenvalue weighted by molar-refractivity contribution is 0.401. The van der Waals surface area contributed by atoms with Crippen LogP contribution in [0.3, 0.4) is 0 Å². The smallest absolute Gasteiger partial charge is 0.246 e. The van der Waals surface area contributed by atoms with Gasteiger partial charge in [0.2, 0.25) is 10.0 Å². The third-order valence-electron chi connectivity index (χ3n) is 3.42. The van der Waals surface area contributed by atoms with Crippen LogP contribution >= 0.6 is 11.6 Å². The quantitative estimate of drug-likeness (QED) is 0.927. The fourth-order valence-electron chi connectivity index (χ4n) is 2.43. The molecule has 0 saturated carbocycles. The Morgan fingerprint density at radius 1 is 1.53 bits per heavy atom. The van der Waals surface area contributed by atoms with Crippen LogP contribution in [0.5, 0.6) is 0 Å². The first-order valence-electron chi connectivity index (χ1n) is 6.03. The summed E-state index contributed by atoms with van der Waals surface area (Å²) >= 11 is 5.64. The largest absolute Gasteiger partial charge is 0.330 e. The van der Waals surface area contributed by atoms with Gasteiger partial charge in [-0.25, -0.2) is 12.8 Å². The summed E-state index contributed by atoms with van der Waals surface area (Å²) in [6.45, 7) is 2.57. The Hall–Kier alpha value is -0.690. The Balaban J connectivity index is 2.37. The van der Waals surface area contributed by atoms with Gasteiger partial charge in [0.1, 0.15) is 10.7 Å². The molecule has 0 radical (unpaired) electrons. The fourth-order valence-corrected chi connectivity index (χ4v) is 4.35. The number of sulfonamides is 1. The van der Waals surface area contributed by atoms with E-state index in [0.717, 1.165) is 6.07 Å². The number of rotatable bonds is 3. The maximum atomic E-state index is 13.8. The summed E-state index contributed by atoms with van der Waals surface area (Å²) in [5, 5.41) is 0.172. The fraction of sp³-hybridized carbons (Fsp3) is 0.500. The normalized spacial score (nSPS) is 24.8. The summed E-state index contributed by atoms with van der Waals surface area (Å²) < 4.78 is 40.0. The van der Waals surface area contributed by atoms with Crippen molar-refractivity contribution in [1.82, 2.24) is 4.31 Å². The van der Waals surface area contributed by atoms with Gasteiger partial charge in [0.25, 0.3) is 0 Å². The molecule has 1 heterocycles. The van der Waals surface area contributed by atoms with Crippen LogP contribution in [-0.2, 0) is 10.0 Å². The lowest BCUT2D eigenvalue weighted by atomic mass is 10.1. The maximum Gasteiger partial charge on any atom is 0.246 e. The highest BCUT2D eigenvalue weighted by molar-refractivity contribution is 7.89. The van der Waals surface area contributed by atoms with Crippen LogP contribution in [-0.4, -0.2) is 31.9 Å². The van der Waals surface area contributed by atoms with Crippen LogP contribution in [0, 0.1) is 11.7 Å². The van der Waals surface area contributed by atoms with E-state index < -0.39 is 15.8 Å². The predicted molar refractivity (Wildman–Crippen MR) is 71.9 cm³/mol. The number of hydrogen-bond donors (Lipinski definition) is 1. The SMILES string of the molecule is CC1CC(CN)CN1S(=O)(=O)c1ccc(Cl)cc1F. The minimum Gasteiger partial charge on any atom is -0.330 e. The van der Waals surface area contributed by atoms with Crippen molar-refractivity contribution in [3.63, 3.8) is 0 Å². The topological polar surface area (TPSA) is 63.4 Å². The molecule has 1 aliphatic heterocycles. The number of nitrogens with zero attached hydrogens (tertiary/aromatic N) is 1. The molecule has 2 rings (SSSR count). The molecule has 0 spiro atoms. The van der Waals surface area contributed by atoms with Gasteiger partial charge in [-0.2, -0.15) is 4.31 Å². The minimum atomic E-state index is -3.83. The monoisotopic (exact) mass is 306 g/mol. The van der Waals surface area contributed by atoms with E-state index in [9.17, 15) is 12.8 Å². The first kappa shape index (κ1) is 14.7. The Kier molecular flexibility index (Phi) is 4.15. The first-order valence-corrected chi connectivity index (χ1v) is 7.85. The van der Waals surface area contributed by atoms with Gasteiger partial charge in [0.05, 0.1) is 0 Å². The molecule has 1 aromatic carbocycles. The highest BCUT2D eigenvalue weighted by Crippen LogP contribution is 2.30. The molecular weight excluding hydrogens is 291 g/mol. The van der Waals surface area contributed by atoms with Gasteiger partial charge in [-0.1, -0.05) is 11.6 Å². The Morgan fingerprint density at radius 3 is 2.74 bits per heavy atom. The zero-order valence-electron chi connectivity index (χ0n) is 10.5. The predicted octanol–water partition coefficient (Wildman–Crippen LogP) is 1.84. The standard InChI is InChI=1S/C12H16ClFN2O2S/c1-8-4-9(6-15)7-16(8)19(17,18)12-3-2-10(13)5-11(12)14/h2-3,5,8-9H,4,6-7,15H2,1H3. The molecule has 19 heavy (non-hydrogen) atoms.